The number of methoxy groups -OCH3 is 1. The fraction of sp³-hybridized carbons (Fsp3) is 0.167. The van der Waals surface area contributed by atoms with Gasteiger partial charge in [0.1, 0.15) is 0 Å². The van der Waals surface area contributed by atoms with E-state index in [9.17, 15) is 9.18 Å². The molecule has 0 saturated carbocycles. The van der Waals surface area contributed by atoms with Crippen LogP contribution in [0.5, 0.6) is 0 Å². The Bertz CT molecular complexity index is 462. The van der Waals surface area contributed by atoms with E-state index in [1.54, 1.807) is 12.1 Å². The van der Waals surface area contributed by atoms with Crippen molar-refractivity contribution in [1.82, 2.24) is 0 Å². The topological polar surface area (TPSA) is 50.1 Å². The molecular weight excluding hydrogens is 209 g/mol. The summed E-state index contributed by atoms with van der Waals surface area (Å²) in [4.78, 5) is 11.1. The quantitative estimate of drug-likeness (QED) is 0.579. The molecule has 16 heavy (non-hydrogen) atoms. The predicted molar refractivity (Wildman–Crippen MR) is 56.2 cm³/mol. The molecule has 0 amide bonds. The van der Waals surface area contributed by atoms with Gasteiger partial charge < -0.3 is 4.74 Å². The van der Waals surface area contributed by atoms with E-state index in [-0.39, 0.29) is 11.1 Å². The summed E-state index contributed by atoms with van der Waals surface area (Å²) in [6, 6.07) is 7.85. The van der Waals surface area contributed by atoms with Crippen molar-refractivity contribution in [1.29, 1.82) is 5.26 Å². The Kier molecular flexibility index (Phi) is 3.78. The normalized spacial score (nSPS) is 11.3. The first-order valence-electron chi connectivity index (χ1n) is 4.51. The first kappa shape index (κ1) is 11.9. The van der Waals surface area contributed by atoms with Gasteiger partial charge in [-0.1, -0.05) is 18.7 Å². The highest BCUT2D eigenvalue weighted by Crippen LogP contribution is 2.25. The van der Waals surface area contributed by atoms with E-state index in [0.29, 0.717) is 5.56 Å². The molecule has 0 aliphatic rings. The highest BCUT2D eigenvalue weighted by molar-refractivity contribution is 5.89. The fourth-order valence-corrected chi connectivity index (χ4v) is 1.20. The Morgan fingerprint density at radius 2 is 2.31 bits per heavy atom. The second-order valence-corrected chi connectivity index (χ2v) is 3.12. The Morgan fingerprint density at radius 1 is 1.62 bits per heavy atom. The zero-order valence-corrected chi connectivity index (χ0v) is 8.74. The first-order chi connectivity index (χ1) is 7.60. The number of nitriles is 1. The zero-order chi connectivity index (χ0) is 12.1. The van der Waals surface area contributed by atoms with Crippen LogP contribution in [0.2, 0.25) is 0 Å². The summed E-state index contributed by atoms with van der Waals surface area (Å²) in [6.45, 7) is 3.32. The van der Waals surface area contributed by atoms with Crippen LogP contribution in [-0.2, 0) is 9.53 Å². The maximum atomic E-state index is 13.8. The summed E-state index contributed by atoms with van der Waals surface area (Å²) in [5.41, 5.74) is 0.268. The van der Waals surface area contributed by atoms with E-state index in [0.717, 1.165) is 7.11 Å². The van der Waals surface area contributed by atoms with Crippen molar-refractivity contribution in [2.45, 2.75) is 6.17 Å². The van der Waals surface area contributed by atoms with E-state index in [2.05, 4.69) is 11.3 Å². The molecule has 0 heterocycles. The largest absolute Gasteiger partial charge is 0.466 e. The molecule has 82 valence electrons. The minimum Gasteiger partial charge on any atom is -0.466 e. The molecule has 1 rings (SSSR count). The van der Waals surface area contributed by atoms with Crippen molar-refractivity contribution in [3.8, 4) is 6.07 Å². The molecule has 0 aliphatic heterocycles. The summed E-state index contributed by atoms with van der Waals surface area (Å²) < 4.78 is 18.1. The Balaban J connectivity index is 2.97. The Morgan fingerprint density at radius 3 is 2.88 bits per heavy atom. The van der Waals surface area contributed by atoms with E-state index in [4.69, 9.17) is 5.26 Å². The summed E-state index contributed by atoms with van der Waals surface area (Å²) in [6.07, 6.45) is -1.65. The minimum absolute atomic E-state index is 0.217. The molecule has 1 unspecified atom stereocenters. The van der Waals surface area contributed by atoms with Crippen molar-refractivity contribution in [3.05, 3.63) is 47.5 Å². The van der Waals surface area contributed by atoms with Crippen LogP contribution in [0.3, 0.4) is 0 Å². The standard InChI is InChI=1S/C12H10FNO2/c1-8(12(15)16-2)11(13)10-5-3-4-9(6-10)7-14/h3-6,11H,1H2,2H3. The van der Waals surface area contributed by atoms with Gasteiger partial charge in [0.2, 0.25) is 0 Å². The second kappa shape index (κ2) is 5.08. The maximum Gasteiger partial charge on any atom is 0.336 e. The number of halogens is 1. The summed E-state index contributed by atoms with van der Waals surface area (Å²) in [5.74, 6) is -0.796. The molecule has 3 nitrogen and oxygen atoms in total. The number of benzene rings is 1. The van der Waals surface area contributed by atoms with Crippen LogP contribution in [0.1, 0.15) is 17.3 Å². The number of rotatable bonds is 3. The smallest absolute Gasteiger partial charge is 0.336 e. The van der Waals surface area contributed by atoms with Crippen molar-refractivity contribution in [2.24, 2.45) is 0 Å². The van der Waals surface area contributed by atoms with Crippen LogP contribution in [0.15, 0.2) is 36.4 Å². The van der Waals surface area contributed by atoms with Gasteiger partial charge in [0, 0.05) is 0 Å². The van der Waals surface area contributed by atoms with Gasteiger partial charge in [-0.15, -0.1) is 0 Å². The van der Waals surface area contributed by atoms with Crippen LogP contribution in [0, 0.1) is 11.3 Å². The average molecular weight is 219 g/mol. The monoisotopic (exact) mass is 219 g/mol. The molecule has 0 aromatic heterocycles. The number of nitrogens with zero attached hydrogens (tertiary/aromatic N) is 1. The van der Waals surface area contributed by atoms with Crippen LogP contribution in [-0.4, -0.2) is 13.1 Å². The van der Waals surface area contributed by atoms with Gasteiger partial charge in [0.15, 0.2) is 6.17 Å². The van der Waals surface area contributed by atoms with Crippen molar-refractivity contribution in [2.75, 3.05) is 7.11 Å². The van der Waals surface area contributed by atoms with Gasteiger partial charge in [-0.25, -0.2) is 9.18 Å². The molecule has 0 spiro atoms. The average Bonchev–Trinajstić information content (AvgIpc) is 2.36. The van der Waals surface area contributed by atoms with Gasteiger partial charge >= 0.3 is 5.97 Å². The third-order valence-corrected chi connectivity index (χ3v) is 2.06. The number of carbonyl (C=O) groups excluding carboxylic acids is 1. The van der Waals surface area contributed by atoms with E-state index < -0.39 is 12.1 Å². The maximum absolute atomic E-state index is 13.8. The lowest BCUT2D eigenvalue weighted by molar-refractivity contribution is -0.136. The van der Waals surface area contributed by atoms with Crippen molar-refractivity contribution in [3.63, 3.8) is 0 Å². The molecule has 0 bridgehead atoms. The number of hydrogen-bond donors (Lipinski definition) is 0. The van der Waals surface area contributed by atoms with E-state index in [1.807, 2.05) is 6.07 Å². The van der Waals surface area contributed by atoms with Gasteiger partial charge in [-0.05, 0) is 17.7 Å². The SMILES string of the molecule is C=C(C(=O)OC)C(F)c1cccc(C#N)c1. The number of hydrogen-bond acceptors (Lipinski definition) is 3. The molecule has 1 atom stereocenters. The van der Waals surface area contributed by atoms with Gasteiger partial charge in [-0.2, -0.15) is 5.26 Å². The predicted octanol–water partition coefficient (Wildman–Crippen LogP) is 2.30. The Labute approximate surface area is 92.8 Å². The molecule has 0 aliphatic carbocycles. The van der Waals surface area contributed by atoms with Gasteiger partial charge in [0.05, 0.1) is 24.3 Å². The van der Waals surface area contributed by atoms with Crippen LogP contribution in [0.25, 0.3) is 0 Å². The summed E-state index contributed by atoms with van der Waals surface area (Å²) in [5, 5.41) is 8.65. The molecule has 0 N–H and O–H groups in total. The molecule has 0 saturated heterocycles. The van der Waals surface area contributed by atoms with E-state index >= 15 is 0 Å². The number of ether oxygens (including phenoxy) is 1. The molecule has 4 heteroatoms. The summed E-state index contributed by atoms with van der Waals surface area (Å²) >= 11 is 0. The van der Waals surface area contributed by atoms with Crippen LogP contribution < -0.4 is 0 Å². The minimum atomic E-state index is -1.65. The van der Waals surface area contributed by atoms with Gasteiger partial charge in [0.25, 0.3) is 0 Å². The summed E-state index contributed by atoms with van der Waals surface area (Å²) in [7, 11) is 1.16. The molecule has 1 aromatic carbocycles. The van der Waals surface area contributed by atoms with Crippen LogP contribution in [0.4, 0.5) is 4.39 Å². The highest BCUT2D eigenvalue weighted by Gasteiger charge is 2.20. The first-order valence-corrected chi connectivity index (χ1v) is 4.51. The number of carbonyl (C=O) groups is 1. The zero-order valence-electron chi connectivity index (χ0n) is 8.74. The van der Waals surface area contributed by atoms with Crippen molar-refractivity contribution < 1.29 is 13.9 Å². The fourth-order valence-electron chi connectivity index (χ4n) is 1.20. The Hall–Kier alpha value is -2.15. The van der Waals surface area contributed by atoms with E-state index in [1.165, 1.54) is 12.1 Å². The van der Waals surface area contributed by atoms with Gasteiger partial charge in [-0.3, -0.25) is 0 Å². The third kappa shape index (κ3) is 2.45. The molecule has 0 radical (unpaired) electrons. The second-order valence-electron chi connectivity index (χ2n) is 3.12. The van der Waals surface area contributed by atoms with Crippen LogP contribution >= 0.6 is 0 Å². The lowest BCUT2D eigenvalue weighted by Crippen LogP contribution is -2.09. The van der Waals surface area contributed by atoms with Crippen molar-refractivity contribution >= 4 is 5.97 Å². The third-order valence-electron chi connectivity index (χ3n) is 2.06. The number of alkyl halides is 1. The highest BCUT2D eigenvalue weighted by atomic mass is 19.1. The molecular formula is C12H10FNO2. The molecule has 0 fully saturated rings. The lowest BCUT2D eigenvalue weighted by Gasteiger charge is -2.09. The number of esters is 1. The molecule has 1 aromatic rings. The lowest BCUT2D eigenvalue weighted by atomic mass is 10.0.